The van der Waals surface area contributed by atoms with Crippen LogP contribution in [0.25, 0.3) is 0 Å². The number of alkyl carbamates (subject to hydrolysis) is 1. The average molecular weight is 307 g/mol. The quantitative estimate of drug-likeness (QED) is 0.779. The molecule has 1 atom stereocenters. The third-order valence-corrected chi connectivity index (χ3v) is 2.70. The summed E-state index contributed by atoms with van der Waals surface area (Å²) in [6.07, 6.45) is -1.65. The molecule has 0 radical (unpaired) electrons. The number of carbonyl (C=O) groups is 3. The average Bonchev–Trinajstić information content (AvgIpc) is 2.60. The molecule has 9 heteroatoms. The van der Waals surface area contributed by atoms with Gasteiger partial charge in [-0.1, -0.05) is 0 Å². The molecule has 0 aromatic carbocycles. The molecule has 0 bridgehead atoms. The Kier molecular flexibility index (Phi) is 4.75. The molecule has 1 unspecified atom stereocenters. The highest BCUT2D eigenvalue weighted by Crippen LogP contribution is 2.31. The van der Waals surface area contributed by atoms with E-state index < -0.39 is 55.0 Å². The highest BCUT2D eigenvalue weighted by Gasteiger charge is 2.49. The number of hydrogen-bond donors (Lipinski definition) is 2. The lowest BCUT2D eigenvalue weighted by atomic mass is 10.2. The first-order valence-electron chi connectivity index (χ1n) is 6.35. The summed E-state index contributed by atoms with van der Waals surface area (Å²) < 4.78 is 31.5. The molecule has 3 amide bonds. The number of primary amides is 1. The molecule has 1 fully saturated rings. The molecule has 0 aromatic heterocycles. The predicted molar refractivity (Wildman–Crippen MR) is 68.5 cm³/mol. The largest absolute Gasteiger partial charge is 0.444 e. The summed E-state index contributed by atoms with van der Waals surface area (Å²) >= 11 is 0. The number of carbonyl (C=O) groups excluding carboxylic acids is 3. The van der Waals surface area contributed by atoms with Crippen molar-refractivity contribution in [2.75, 3.05) is 13.1 Å². The number of amides is 3. The predicted octanol–water partition coefficient (Wildman–Crippen LogP) is 0.233. The lowest BCUT2D eigenvalue weighted by Crippen LogP contribution is -2.48. The second kappa shape index (κ2) is 5.82. The summed E-state index contributed by atoms with van der Waals surface area (Å²) in [7, 11) is 0. The number of nitrogens with one attached hydrogen (secondary N) is 1. The molecular formula is C12H19F2N3O4. The van der Waals surface area contributed by atoms with Gasteiger partial charge in [0.05, 0.1) is 6.54 Å². The van der Waals surface area contributed by atoms with Gasteiger partial charge in [-0.15, -0.1) is 0 Å². The third kappa shape index (κ3) is 5.16. The zero-order chi connectivity index (χ0) is 16.4. The van der Waals surface area contributed by atoms with Crippen molar-refractivity contribution in [3.8, 4) is 0 Å². The van der Waals surface area contributed by atoms with Gasteiger partial charge in [-0.3, -0.25) is 9.59 Å². The monoisotopic (exact) mass is 307 g/mol. The van der Waals surface area contributed by atoms with Gasteiger partial charge >= 0.3 is 6.09 Å². The van der Waals surface area contributed by atoms with Gasteiger partial charge in [0, 0.05) is 6.42 Å². The number of nitrogens with two attached hydrogens (primary N) is 1. The SMILES string of the molecule is CC(C)(C)OC(=O)NCC(=O)N1CC(F)(F)CC1C(N)=O. The second-order valence-electron chi connectivity index (χ2n) is 5.86. The van der Waals surface area contributed by atoms with Crippen molar-refractivity contribution in [3.63, 3.8) is 0 Å². The van der Waals surface area contributed by atoms with Gasteiger partial charge < -0.3 is 20.7 Å². The Morgan fingerprint density at radius 3 is 2.43 bits per heavy atom. The van der Waals surface area contributed by atoms with Gasteiger partial charge in [0.25, 0.3) is 5.92 Å². The van der Waals surface area contributed by atoms with Crippen LogP contribution in [0.15, 0.2) is 0 Å². The van der Waals surface area contributed by atoms with Crippen LogP contribution in [-0.2, 0) is 14.3 Å². The van der Waals surface area contributed by atoms with Crippen LogP contribution in [0.1, 0.15) is 27.2 Å². The van der Waals surface area contributed by atoms with Crippen LogP contribution in [0.3, 0.4) is 0 Å². The lowest BCUT2D eigenvalue weighted by Gasteiger charge is -2.23. The third-order valence-electron chi connectivity index (χ3n) is 2.70. The van der Waals surface area contributed by atoms with Gasteiger partial charge in [0.1, 0.15) is 18.2 Å². The van der Waals surface area contributed by atoms with Crippen molar-refractivity contribution in [2.24, 2.45) is 5.73 Å². The van der Waals surface area contributed by atoms with E-state index in [1.807, 2.05) is 0 Å². The van der Waals surface area contributed by atoms with Crippen LogP contribution < -0.4 is 11.1 Å². The Morgan fingerprint density at radius 2 is 1.95 bits per heavy atom. The summed E-state index contributed by atoms with van der Waals surface area (Å²) in [5.74, 6) is -4.99. The normalized spacial score (nSPS) is 21.0. The summed E-state index contributed by atoms with van der Waals surface area (Å²) in [6, 6.07) is -1.37. The molecule has 1 aliphatic rings. The first-order valence-corrected chi connectivity index (χ1v) is 6.35. The van der Waals surface area contributed by atoms with E-state index in [-0.39, 0.29) is 0 Å². The molecule has 0 aromatic rings. The van der Waals surface area contributed by atoms with Crippen LogP contribution >= 0.6 is 0 Å². The second-order valence-corrected chi connectivity index (χ2v) is 5.86. The minimum Gasteiger partial charge on any atom is -0.444 e. The Bertz CT molecular complexity index is 448. The molecule has 1 aliphatic heterocycles. The molecule has 21 heavy (non-hydrogen) atoms. The number of alkyl halides is 2. The van der Waals surface area contributed by atoms with E-state index >= 15 is 0 Å². The number of halogens is 2. The minimum absolute atomic E-state index is 0.547. The molecule has 1 saturated heterocycles. The first kappa shape index (κ1) is 17.1. The molecule has 7 nitrogen and oxygen atoms in total. The highest BCUT2D eigenvalue weighted by atomic mass is 19.3. The van der Waals surface area contributed by atoms with Gasteiger partial charge in [-0.2, -0.15) is 0 Å². The van der Waals surface area contributed by atoms with E-state index in [1.54, 1.807) is 20.8 Å². The Morgan fingerprint density at radius 1 is 1.38 bits per heavy atom. The van der Waals surface area contributed by atoms with Crippen molar-refractivity contribution in [1.29, 1.82) is 0 Å². The molecule has 120 valence electrons. The number of rotatable bonds is 3. The number of nitrogens with zero attached hydrogens (tertiary/aromatic N) is 1. The zero-order valence-electron chi connectivity index (χ0n) is 12.1. The smallest absolute Gasteiger partial charge is 0.408 e. The van der Waals surface area contributed by atoms with E-state index in [9.17, 15) is 23.2 Å². The maximum atomic E-state index is 13.3. The number of ether oxygens (including phenoxy) is 1. The number of likely N-dealkylation sites (tertiary alicyclic amines) is 1. The summed E-state index contributed by atoms with van der Waals surface area (Å²) in [5, 5.41) is 2.15. The topological polar surface area (TPSA) is 102 Å². The van der Waals surface area contributed by atoms with Crippen molar-refractivity contribution in [1.82, 2.24) is 10.2 Å². The molecule has 0 aliphatic carbocycles. The van der Waals surface area contributed by atoms with Crippen LogP contribution in [0.2, 0.25) is 0 Å². The first-order chi connectivity index (χ1) is 9.41. The maximum Gasteiger partial charge on any atom is 0.408 e. The van der Waals surface area contributed by atoms with E-state index in [0.717, 1.165) is 0 Å². The standard InChI is InChI=1S/C12H19F2N3O4/c1-11(2,3)21-10(20)16-5-8(18)17-6-12(13,14)4-7(17)9(15)19/h7H,4-6H2,1-3H3,(H2,15,19)(H,16,20). The summed E-state index contributed by atoms with van der Waals surface area (Å²) in [4.78, 5) is 35.0. The van der Waals surface area contributed by atoms with Crippen LogP contribution in [0.4, 0.5) is 13.6 Å². The molecule has 1 rings (SSSR count). The Hall–Kier alpha value is -1.93. The fourth-order valence-corrected chi connectivity index (χ4v) is 1.90. The van der Waals surface area contributed by atoms with Gasteiger partial charge in [0.2, 0.25) is 11.8 Å². The fraction of sp³-hybridized carbons (Fsp3) is 0.750. The number of hydrogen-bond acceptors (Lipinski definition) is 4. The van der Waals surface area contributed by atoms with E-state index in [4.69, 9.17) is 10.5 Å². The van der Waals surface area contributed by atoms with Crippen molar-refractivity contribution >= 4 is 17.9 Å². The summed E-state index contributed by atoms with van der Waals surface area (Å²) in [6.45, 7) is 3.47. The molecule has 0 saturated carbocycles. The zero-order valence-corrected chi connectivity index (χ0v) is 12.1. The van der Waals surface area contributed by atoms with Crippen molar-refractivity contribution in [3.05, 3.63) is 0 Å². The van der Waals surface area contributed by atoms with Crippen molar-refractivity contribution < 1.29 is 27.9 Å². The van der Waals surface area contributed by atoms with E-state index in [1.165, 1.54) is 0 Å². The van der Waals surface area contributed by atoms with E-state index in [2.05, 4.69) is 5.32 Å². The maximum absolute atomic E-state index is 13.3. The Labute approximate surface area is 120 Å². The van der Waals surface area contributed by atoms with Crippen LogP contribution in [0, 0.1) is 0 Å². The van der Waals surface area contributed by atoms with Crippen LogP contribution in [-0.4, -0.2) is 53.5 Å². The fourth-order valence-electron chi connectivity index (χ4n) is 1.90. The van der Waals surface area contributed by atoms with Gasteiger partial charge in [-0.25, -0.2) is 13.6 Å². The molecule has 1 heterocycles. The molecule has 0 spiro atoms. The summed E-state index contributed by atoms with van der Waals surface area (Å²) in [5.41, 5.74) is 4.26. The lowest BCUT2D eigenvalue weighted by molar-refractivity contribution is -0.136. The highest BCUT2D eigenvalue weighted by molar-refractivity contribution is 5.89. The van der Waals surface area contributed by atoms with E-state index in [0.29, 0.717) is 4.90 Å². The van der Waals surface area contributed by atoms with Gasteiger partial charge in [-0.05, 0) is 20.8 Å². The molecular weight excluding hydrogens is 288 g/mol. The van der Waals surface area contributed by atoms with Crippen LogP contribution in [0.5, 0.6) is 0 Å². The minimum atomic E-state index is -3.17. The molecule has 3 N–H and O–H groups in total. The Balaban J connectivity index is 2.59. The van der Waals surface area contributed by atoms with Gasteiger partial charge in [0.15, 0.2) is 0 Å². The van der Waals surface area contributed by atoms with Crippen molar-refractivity contribution in [2.45, 2.75) is 44.8 Å².